The molecule has 1 saturated heterocycles. The third-order valence-electron chi connectivity index (χ3n) is 3.91. The number of ketones is 1. The second-order valence-electron chi connectivity index (χ2n) is 5.77. The van der Waals surface area contributed by atoms with E-state index in [9.17, 15) is 18.0 Å². The predicted octanol–water partition coefficient (Wildman–Crippen LogP) is 2.48. The van der Waals surface area contributed by atoms with Crippen molar-refractivity contribution in [1.82, 2.24) is 4.98 Å². The molecule has 1 fully saturated rings. The molecule has 0 spiro atoms. The van der Waals surface area contributed by atoms with Gasteiger partial charge in [-0.2, -0.15) is 13.2 Å². The first-order chi connectivity index (χ1) is 11.6. The Bertz CT molecular complexity index is 568. The molecule has 0 atom stereocenters. The lowest BCUT2D eigenvalue weighted by Crippen LogP contribution is -2.34. The summed E-state index contributed by atoms with van der Waals surface area (Å²) in [5.41, 5.74) is 6.27. The number of alkyl halides is 3. The maximum atomic E-state index is 11.2. The SMILES string of the molecule is CC(=O)c1ccc(N2CCC(CCN)CC2)nc1.O=C(O)C(F)(F)F. The molecule has 1 aliphatic rings. The number of aromatic nitrogens is 1. The first-order valence-electron chi connectivity index (χ1n) is 7.87. The Hall–Kier alpha value is -2.16. The number of nitrogens with two attached hydrogens (primary N) is 1. The van der Waals surface area contributed by atoms with Gasteiger partial charge in [-0.15, -0.1) is 0 Å². The number of piperidine rings is 1. The van der Waals surface area contributed by atoms with Gasteiger partial charge >= 0.3 is 12.1 Å². The molecule has 6 nitrogen and oxygen atoms in total. The number of anilines is 1. The van der Waals surface area contributed by atoms with E-state index in [1.54, 1.807) is 13.1 Å². The van der Waals surface area contributed by atoms with Crippen molar-refractivity contribution in [1.29, 1.82) is 0 Å². The molecule has 0 amide bonds. The molecule has 0 bridgehead atoms. The van der Waals surface area contributed by atoms with Gasteiger partial charge in [-0.05, 0) is 50.8 Å². The van der Waals surface area contributed by atoms with Crippen molar-refractivity contribution in [3.63, 3.8) is 0 Å². The predicted molar refractivity (Wildman–Crippen MR) is 86.5 cm³/mol. The number of Topliss-reactive ketones (excluding diaryl/α,β-unsaturated/α-hetero) is 1. The van der Waals surface area contributed by atoms with Crippen molar-refractivity contribution in [2.45, 2.75) is 32.4 Å². The molecule has 140 valence electrons. The van der Waals surface area contributed by atoms with Crippen molar-refractivity contribution in [2.24, 2.45) is 11.7 Å². The van der Waals surface area contributed by atoms with Gasteiger partial charge in [-0.3, -0.25) is 4.79 Å². The number of hydrogen-bond donors (Lipinski definition) is 2. The minimum Gasteiger partial charge on any atom is -0.475 e. The van der Waals surface area contributed by atoms with E-state index in [4.69, 9.17) is 15.6 Å². The molecular formula is C16H22F3N3O3. The van der Waals surface area contributed by atoms with Crippen LogP contribution in [0, 0.1) is 5.92 Å². The summed E-state index contributed by atoms with van der Waals surface area (Å²) in [6.07, 6.45) is 0.0921. The number of halogens is 3. The van der Waals surface area contributed by atoms with Gasteiger partial charge in [0.15, 0.2) is 5.78 Å². The van der Waals surface area contributed by atoms with Crippen molar-refractivity contribution in [3.05, 3.63) is 23.9 Å². The zero-order valence-electron chi connectivity index (χ0n) is 13.9. The Morgan fingerprint density at radius 1 is 1.32 bits per heavy atom. The molecule has 1 aromatic heterocycles. The van der Waals surface area contributed by atoms with E-state index in [1.807, 2.05) is 12.1 Å². The molecule has 0 saturated carbocycles. The van der Waals surface area contributed by atoms with E-state index in [0.717, 1.165) is 37.8 Å². The number of nitrogens with zero attached hydrogens (tertiary/aromatic N) is 2. The average molecular weight is 361 g/mol. The lowest BCUT2D eigenvalue weighted by Gasteiger charge is -2.32. The van der Waals surface area contributed by atoms with Gasteiger partial charge in [0, 0.05) is 24.8 Å². The Kier molecular flexibility index (Phi) is 7.82. The summed E-state index contributed by atoms with van der Waals surface area (Å²) in [7, 11) is 0. The van der Waals surface area contributed by atoms with Crippen LogP contribution in [-0.2, 0) is 4.79 Å². The zero-order chi connectivity index (χ0) is 19.0. The number of rotatable bonds is 4. The quantitative estimate of drug-likeness (QED) is 0.800. The maximum Gasteiger partial charge on any atom is 0.490 e. The molecule has 3 N–H and O–H groups in total. The lowest BCUT2D eigenvalue weighted by molar-refractivity contribution is -0.192. The summed E-state index contributed by atoms with van der Waals surface area (Å²) < 4.78 is 31.7. The van der Waals surface area contributed by atoms with Gasteiger partial charge in [0.25, 0.3) is 0 Å². The number of carboxylic acid groups (broad SMARTS) is 1. The van der Waals surface area contributed by atoms with Gasteiger partial charge in [0.05, 0.1) is 0 Å². The Labute approximate surface area is 143 Å². The van der Waals surface area contributed by atoms with Gasteiger partial charge in [-0.25, -0.2) is 9.78 Å². The Morgan fingerprint density at radius 2 is 1.88 bits per heavy atom. The van der Waals surface area contributed by atoms with Crippen LogP contribution in [0.2, 0.25) is 0 Å². The van der Waals surface area contributed by atoms with Crippen LogP contribution < -0.4 is 10.6 Å². The third-order valence-corrected chi connectivity index (χ3v) is 3.91. The normalized spacial score (nSPS) is 15.3. The fourth-order valence-corrected chi connectivity index (χ4v) is 2.47. The highest BCUT2D eigenvalue weighted by Gasteiger charge is 2.38. The van der Waals surface area contributed by atoms with Gasteiger partial charge in [0.2, 0.25) is 0 Å². The van der Waals surface area contributed by atoms with E-state index in [2.05, 4.69) is 9.88 Å². The average Bonchev–Trinajstić information content (AvgIpc) is 2.56. The monoisotopic (exact) mass is 361 g/mol. The summed E-state index contributed by atoms with van der Waals surface area (Å²) in [6.45, 7) is 4.43. The molecule has 1 aromatic rings. The van der Waals surface area contributed by atoms with Crippen molar-refractivity contribution in [2.75, 3.05) is 24.5 Å². The Balaban J connectivity index is 0.000000381. The molecular weight excluding hydrogens is 339 g/mol. The standard InChI is InChI=1S/C14H21N3O.C2HF3O2/c1-11(18)13-2-3-14(16-10-13)17-8-5-12(4-7-15)6-9-17;3-2(4,5)1(6)7/h2-3,10,12H,4-9,15H2,1H3;(H,6,7). The van der Waals surface area contributed by atoms with Crippen molar-refractivity contribution < 1.29 is 27.9 Å². The molecule has 1 aliphatic heterocycles. The van der Waals surface area contributed by atoms with Crippen LogP contribution in [0.25, 0.3) is 0 Å². The van der Waals surface area contributed by atoms with Crippen LogP contribution >= 0.6 is 0 Å². The van der Waals surface area contributed by atoms with E-state index >= 15 is 0 Å². The molecule has 2 rings (SSSR count). The molecule has 9 heteroatoms. The summed E-state index contributed by atoms with van der Waals surface area (Å²) in [5.74, 6) is -0.947. The van der Waals surface area contributed by atoms with Crippen LogP contribution in [0.4, 0.5) is 19.0 Å². The number of carbonyl (C=O) groups is 2. The molecule has 2 heterocycles. The zero-order valence-corrected chi connectivity index (χ0v) is 13.9. The second kappa shape index (κ2) is 9.36. The number of carbonyl (C=O) groups excluding carboxylic acids is 1. The minimum atomic E-state index is -5.08. The van der Waals surface area contributed by atoms with Crippen LogP contribution in [0.3, 0.4) is 0 Å². The number of carboxylic acids is 1. The largest absolute Gasteiger partial charge is 0.490 e. The lowest BCUT2D eigenvalue weighted by atomic mass is 9.93. The van der Waals surface area contributed by atoms with Gasteiger partial charge in [-0.1, -0.05) is 0 Å². The number of aliphatic carboxylic acids is 1. The van der Waals surface area contributed by atoms with Gasteiger partial charge < -0.3 is 15.7 Å². The Morgan fingerprint density at radius 3 is 2.24 bits per heavy atom. The van der Waals surface area contributed by atoms with Crippen LogP contribution in [0.5, 0.6) is 0 Å². The fraction of sp³-hybridized carbons (Fsp3) is 0.562. The van der Waals surface area contributed by atoms with E-state index in [-0.39, 0.29) is 5.78 Å². The highest BCUT2D eigenvalue weighted by atomic mass is 19.4. The molecule has 0 radical (unpaired) electrons. The highest BCUT2D eigenvalue weighted by Crippen LogP contribution is 2.23. The van der Waals surface area contributed by atoms with Crippen molar-refractivity contribution in [3.8, 4) is 0 Å². The summed E-state index contributed by atoms with van der Waals surface area (Å²) >= 11 is 0. The first-order valence-corrected chi connectivity index (χ1v) is 7.87. The molecule has 0 aliphatic carbocycles. The van der Waals surface area contributed by atoms with E-state index < -0.39 is 12.1 Å². The highest BCUT2D eigenvalue weighted by molar-refractivity contribution is 5.93. The second-order valence-corrected chi connectivity index (χ2v) is 5.77. The fourth-order valence-electron chi connectivity index (χ4n) is 2.47. The number of pyridine rings is 1. The van der Waals surface area contributed by atoms with E-state index in [0.29, 0.717) is 5.56 Å². The minimum absolute atomic E-state index is 0.0655. The van der Waals surface area contributed by atoms with Gasteiger partial charge in [0.1, 0.15) is 5.82 Å². The third kappa shape index (κ3) is 7.08. The molecule has 25 heavy (non-hydrogen) atoms. The summed E-state index contributed by atoms with van der Waals surface area (Å²) in [5, 5.41) is 7.12. The molecule has 0 aromatic carbocycles. The summed E-state index contributed by atoms with van der Waals surface area (Å²) in [6, 6.07) is 3.80. The first kappa shape index (κ1) is 20.9. The topological polar surface area (TPSA) is 96.5 Å². The van der Waals surface area contributed by atoms with Crippen LogP contribution in [-0.4, -0.2) is 47.7 Å². The maximum absolute atomic E-state index is 11.2. The smallest absolute Gasteiger partial charge is 0.475 e. The summed E-state index contributed by atoms with van der Waals surface area (Å²) in [4.78, 5) is 26.7. The van der Waals surface area contributed by atoms with E-state index in [1.165, 1.54) is 12.8 Å². The number of hydrogen-bond acceptors (Lipinski definition) is 5. The van der Waals surface area contributed by atoms with Crippen LogP contribution in [0.15, 0.2) is 18.3 Å². The van der Waals surface area contributed by atoms with Crippen molar-refractivity contribution >= 4 is 17.6 Å². The molecule has 0 unspecified atom stereocenters. The van der Waals surface area contributed by atoms with Crippen LogP contribution in [0.1, 0.15) is 36.5 Å².